The Balaban J connectivity index is 1.62. The number of halogens is 1. The van der Waals surface area contributed by atoms with Crippen LogP contribution in [0.25, 0.3) is 0 Å². The van der Waals surface area contributed by atoms with Gasteiger partial charge < -0.3 is 14.8 Å². The third-order valence-corrected chi connectivity index (χ3v) is 4.01. The van der Waals surface area contributed by atoms with Crippen molar-refractivity contribution in [3.8, 4) is 11.5 Å². The molecule has 1 aliphatic heterocycles. The highest BCUT2D eigenvalue weighted by Gasteiger charge is 2.14. The highest BCUT2D eigenvalue weighted by Crippen LogP contribution is 2.31. The van der Waals surface area contributed by atoms with E-state index in [0.29, 0.717) is 31.1 Å². The van der Waals surface area contributed by atoms with Gasteiger partial charge in [0.25, 0.3) is 5.69 Å². The fourth-order valence-corrected chi connectivity index (χ4v) is 2.60. The Kier molecular flexibility index (Phi) is 5.04. The van der Waals surface area contributed by atoms with Crippen LogP contribution in [0.15, 0.2) is 36.4 Å². The van der Waals surface area contributed by atoms with Gasteiger partial charge in [0.1, 0.15) is 13.2 Å². The van der Waals surface area contributed by atoms with Crippen LogP contribution in [0.3, 0.4) is 0 Å². The number of nitro benzene ring substituents is 1. The minimum absolute atomic E-state index is 0.133. The number of anilines is 1. The quantitative estimate of drug-likeness (QED) is 0.648. The van der Waals surface area contributed by atoms with Crippen LogP contribution in [-0.2, 0) is 11.2 Å². The molecule has 1 aliphatic rings. The van der Waals surface area contributed by atoms with Gasteiger partial charge in [0.15, 0.2) is 11.5 Å². The first-order valence-corrected chi connectivity index (χ1v) is 8.03. The van der Waals surface area contributed by atoms with Crippen molar-refractivity contribution in [1.82, 2.24) is 0 Å². The summed E-state index contributed by atoms with van der Waals surface area (Å²) in [5, 5.41) is 13.7. The summed E-state index contributed by atoms with van der Waals surface area (Å²) in [5.41, 5.74) is 1.03. The number of fused-ring (bicyclic) bond motifs is 1. The maximum Gasteiger partial charge on any atom is 0.271 e. The number of hydrogen-bond acceptors (Lipinski definition) is 5. The summed E-state index contributed by atoms with van der Waals surface area (Å²) in [6.45, 7) is 1.03. The van der Waals surface area contributed by atoms with Gasteiger partial charge in [-0.05, 0) is 30.2 Å². The molecule has 0 saturated carbocycles. The number of carbonyl (C=O) groups is 1. The molecule has 0 saturated heterocycles. The number of non-ortho nitro benzene ring substituents is 1. The number of benzene rings is 2. The molecule has 0 spiro atoms. The molecule has 0 radical (unpaired) electrons. The van der Waals surface area contributed by atoms with Gasteiger partial charge in [0.05, 0.1) is 15.6 Å². The van der Waals surface area contributed by atoms with Gasteiger partial charge in [0.2, 0.25) is 5.91 Å². The topological polar surface area (TPSA) is 90.7 Å². The molecule has 2 aromatic rings. The number of rotatable bonds is 5. The number of nitrogens with zero attached hydrogens (tertiary/aromatic N) is 1. The van der Waals surface area contributed by atoms with E-state index < -0.39 is 4.92 Å². The molecular weight excluding hydrogens is 348 g/mol. The Hall–Kier alpha value is -2.80. The Morgan fingerprint density at radius 2 is 1.92 bits per heavy atom. The van der Waals surface area contributed by atoms with Gasteiger partial charge in [-0.2, -0.15) is 0 Å². The molecule has 0 fully saturated rings. The second-order valence-electron chi connectivity index (χ2n) is 5.45. The van der Waals surface area contributed by atoms with E-state index in [-0.39, 0.29) is 28.7 Å². The maximum absolute atomic E-state index is 12.1. The van der Waals surface area contributed by atoms with Crippen LogP contribution in [0.5, 0.6) is 11.5 Å². The average Bonchev–Trinajstić information content (AvgIpc) is 2.61. The van der Waals surface area contributed by atoms with E-state index in [9.17, 15) is 14.9 Å². The van der Waals surface area contributed by atoms with Crippen LogP contribution >= 0.6 is 11.6 Å². The molecule has 0 atom stereocenters. The van der Waals surface area contributed by atoms with Gasteiger partial charge in [-0.3, -0.25) is 14.9 Å². The largest absolute Gasteiger partial charge is 0.486 e. The zero-order valence-corrected chi connectivity index (χ0v) is 13.9. The van der Waals surface area contributed by atoms with Crippen molar-refractivity contribution < 1.29 is 19.2 Å². The normalized spacial score (nSPS) is 12.5. The Morgan fingerprint density at radius 3 is 2.68 bits per heavy atom. The van der Waals surface area contributed by atoms with E-state index in [2.05, 4.69) is 5.32 Å². The van der Waals surface area contributed by atoms with E-state index in [1.165, 1.54) is 18.2 Å². The lowest BCUT2D eigenvalue weighted by Gasteiger charge is -2.18. The van der Waals surface area contributed by atoms with E-state index >= 15 is 0 Å². The number of hydrogen-bond donors (Lipinski definition) is 1. The molecule has 0 aliphatic carbocycles. The van der Waals surface area contributed by atoms with E-state index in [1.54, 1.807) is 0 Å². The van der Waals surface area contributed by atoms with Crippen molar-refractivity contribution >= 4 is 28.9 Å². The smallest absolute Gasteiger partial charge is 0.271 e. The third kappa shape index (κ3) is 4.19. The SMILES string of the molecule is O=C(CCc1ccc2c(c1)OCCO2)Nc1cc([N+](=O)[O-])ccc1Cl. The van der Waals surface area contributed by atoms with Gasteiger partial charge in [-0.15, -0.1) is 0 Å². The number of carbonyl (C=O) groups excluding carboxylic acids is 1. The standard InChI is InChI=1S/C17H15ClN2O5/c18-13-4-3-12(20(22)23)10-14(13)19-17(21)6-2-11-1-5-15-16(9-11)25-8-7-24-15/h1,3-5,9-10H,2,6-8H2,(H,19,21). The van der Waals surface area contributed by atoms with Crippen LogP contribution in [0.4, 0.5) is 11.4 Å². The third-order valence-electron chi connectivity index (χ3n) is 3.68. The zero-order chi connectivity index (χ0) is 17.8. The summed E-state index contributed by atoms with van der Waals surface area (Å²) in [7, 11) is 0. The fraction of sp³-hybridized carbons (Fsp3) is 0.235. The second kappa shape index (κ2) is 7.40. The minimum Gasteiger partial charge on any atom is -0.486 e. The lowest BCUT2D eigenvalue weighted by atomic mass is 10.1. The molecule has 1 heterocycles. The molecule has 0 aromatic heterocycles. The van der Waals surface area contributed by atoms with Crippen LogP contribution in [0.2, 0.25) is 5.02 Å². The van der Waals surface area contributed by atoms with E-state index in [0.717, 1.165) is 5.56 Å². The van der Waals surface area contributed by atoms with Crippen molar-refractivity contribution in [2.45, 2.75) is 12.8 Å². The molecule has 2 aromatic carbocycles. The van der Waals surface area contributed by atoms with E-state index in [4.69, 9.17) is 21.1 Å². The summed E-state index contributed by atoms with van der Waals surface area (Å²) >= 11 is 5.97. The molecule has 7 nitrogen and oxygen atoms in total. The molecular formula is C17H15ClN2O5. The lowest BCUT2D eigenvalue weighted by molar-refractivity contribution is -0.384. The van der Waals surface area contributed by atoms with Gasteiger partial charge in [-0.25, -0.2) is 0 Å². The number of ether oxygens (including phenoxy) is 2. The zero-order valence-electron chi connectivity index (χ0n) is 13.2. The monoisotopic (exact) mass is 362 g/mol. The molecule has 8 heteroatoms. The first-order valence-electron chi connectivity index (χ1n) is 7.65. The highest BCUT2D eigenvalue weighted by atomic mass is 35.5. The summed E-state index contributed by atoms with van der Waals surface area (Å²) in [6, 6.07) is 9.45. The first kappa shape index (κ1) is 17.0. The number of nitro groups is 1. The van der Waals surface area contributed by atoms with Crippen molar-refractivity contribution in [2.24, 2.45) is 0 Å². The summed E-state index contributed by atoms with van der Waals surface area (Å²) < 4.78 is 11.0. The lowest BCUT2D eigenvalue weighted by Crippen LogP contribution is -2.16. The van der Waals surface area contributed by atoms with Gasteiger partial charge in [-0.1, -0.05) is 17.7 Å². The van der Waals surface area contributed by atoms with E-state index in [1.807, 2.05) is 18.2 Å². The molecule has 1 amide bonds. The Labute approximate surface area is 148 Å². The van der Waals surface area contributed by atoms with Crippen molar-refractivity contribution in [2.75, 3.05) is 18.5 Å². The van der Waals surface area contributed by atoms with Crippen molar-refractivity contribution in [1.29, 1.82) is 0 Å². The Morgan fingerprint density at radius 1 is 1.16 bits per heavy atom. The van der Waals surface area contributed by atoms with Crippen molar-refractivity contribution in [3.63, 3.8) is 0 Å². The highest BCUT2D eigenvalue weighted by molar-refractivity contribution is 6.33. The van der Waals surface area contributed by atoms with Crippen LogP contribution < -0.4 is 14.8 Å². The summed E-state index contributed by atoms with van der Waals surface area (Å²) in [4.78, 5) is 22.4. The molecule has 25 heavy (non-hydrogen) atoms. The summed E-state index contributed by atoms with van der Waals surface area (Å²) in [5.74, 6) is 1.09. The predicted molar refractivity (Wildman–Crippen MR) is 92.5 cm³/mol. The fourth-order valence-electron chi connectivity index (χ4n) is 2.44. The molecule has 130 valence electrons. The number of aryl methyl sites for hydroxylation is 1. The minimum atomic E-state index is -0.541. The second-order valence-corrected chi connectivity index (χ2v) is 5.85. The maximum atomic E-state index is 12.1. The molecule has 0 bridgehead atoms. The van der Waals surface area contributed by atoms with Gasteiger partial charge >= 0.3 is 0 Å². The van der Waals surface area contributed by atoms with Crippen LogP contribution in [-0.4, -0.2) is 24.0 Å². The first-order chi connectivity index (χ1) is 12.0. The Bertz CT molecular complexity index is 825. The molecule has 1 N–H and O–H groups in total. The average molecular weight is 363 g/mol. The predicted octanol–water partition coefficient (Wildman–Crippen LogP) is 3.59. The van der Waals surface area contributed by atoms with Gasteiger partial charge in [0, 0.05) is 18.6 Å². The van der Waals surface area contributed by atoms with Crippen LogP contribution in [0.1, 0.15) is 12.0 Å². The van der Waals surface area contributed by atoms with Crippen LogP contribution in [0, 0.1) is 10.1 Å². The molecule has 3 rings (SSSR count). The summed E-state index contributed by atoms with van der Waals surface area (Å²) in [6.07, 6.45) is 0.702. The molecule has 0 unspecified atom stereocenters. The number of nitrogens with one attached hydrogen (secondary N) is 1. The van der Waals surface area contributed by atoms with Crippen molar-refractivity contribution in [3.05, 3.63) is 57.1 Å². The number of amides is 1.